The van der Waals surface area contributed by atoms with E-state index < -0.39 is 0 Å². The van der Waals surface area contributed by atoms with Crippen molar-refractivity contribution in [3.05, 3.63) is 23.9 Å². The Morgan fingerprint density at radius 1 is 1.47 bits per heavy atom. The van der Waals surface area contributed by atoms with Crippen LogP contribution in [0.1, 0.15) is 5.56 Å². The van der Waals surface area contributed by atoms with Crippen molar-refractivity contribution in [2.75, 3.05) is 39.5 Å². The minimum Gasteiger partial charge on any atom is -0.476 e. The summed E-state index contributed by atoms with van der Waals surface area (Å²) in [5.41, 5.74) is 0.571. The molecule has 0 bridgehead atoms. The van der Waals surface area contributed by atoms with E-state index in [1.54, 1.807) is 18.3 Å². The molecular formula is C12H15N3O2. The average Bonchev–Trinajstić information content (AvgIpc) is 2.40. The second-order valence-electron chi connectivity index (χ2n) is 3.80. The van der Waals surface area contributed by atoms with Gasteiger partial charge in [0.25, 0.3) is 0 Å². The molecule has 0 atom stereocenters. The third-order valence-electron chi connectivity index (χ3n) is 2.63. The van der Waals surface area contributed by atoms with E-state index in [-0.39, 0.29) is 0 Å². The third-order valence-corrected chi connectivity index (χ3v) is 2.63. The number of hydrogen-bond donors (Lipinski definition) is 0. The van der Waals surface area contributed by atoms with Gasteiger partial charge in [0.15, 0.2) is 0 Å². The normalized spacial score (nSPS) is 16.4. The van der Waals surface area contributed by atoms with Crippen LogP contribution in [0, 0.1) is 11.3 Å². The van der Waals surface area contributed by atoms with Crippen LogP contribution >= 0.6 is 0 Å². The highest BCUT2D eigenvalue weighted by Gasteiger charge is 2.09. The van der Waals surface area contributed by atoms with Crippen LogP contribution in [0.5, 0.6) is 5.88 Å². The zero-order chi connectivity index (χ0) is 11.9. The molecule has 90 valence electrons. The maximum atomic E-state index is 8.74. The van der Waals surface area contributed by atoms with Gasteiger partial charge in [-0.3, -0.25) is 4.90 Å². The van der Waals surface area contributed by atoms with Gasteiger partial charge in [-0.2, -0.15) is 5.26 Å². The number of ether oxygens (including phenoxy) is 2. The quantitative estimate of drug-likeness (QED) is 0.764. The molecular weight excluding hydrogens is 218 g/mol. The fourth-order valence-electron chi connectivity index (χ4n) is 1.66. The molecule has 17 heavy (non-hydrogen) atoms. The van der Waals surface area contributed by atoms with Crippen molar-refractivity contribution in [3.63, 3.8) is 0 Å². The van der Waals surface area contributed by atoms with Crippen molar-refractivity contribution in [2.45, 2.75) is 0 Å². The molecule has 0 saturated carbocycles. The van der Waals surface area contributed by atoms with Gasteiger partial charge in [-0.15, -0.1) is 0 Å². The Kier molecular flexibility index (Phi) is 4.30. The Balaban J connectivity index is 1.75. The maximum absolute atomic E-state index is 8.74. The number of morpholine rings is 1. The van der Waals surface area contributed by atoms with E-state index in [1.807, 2.05) is 0 Å². The van der Waals surface area contributed by atoms with Gasteiger partial charge in [0.2, 0.25) is 5.88 Å². The standard InChI is InChI=1S/C12H15N3O2/c13-10-11-1-2-14-12(9-11)17-8-5-15-3-6-16-7-4-15/h1-2,9H,3-8H2. The molecule has 5 nitrogen and oxygen atoms in total. The van der Waals surface area contributed by atoms with Gasteiger partial charge in [-0.25, -0.2) is 4.98 Å². The van der Waals surface area contributed by atoms with E-state index in [4.69, 9.17) is 14.7 Å². The van der Waals surface area contributed by atoms with Crippen LogP contribution in [0.25, 0.3) is 0 Å². The molecule has 0 radical (unpaired) electrons. The predicted molar refractivity (Wildman–Crippen MR) is 61.7 cm³/mol. The Morgan fingerprint density at radius 2 is 2.29 bits per heavy atom. The molecule has 2 rings (SSSR count). The number of hydrogen-bond acceptors (Lipinski definition) is 5. The van der Waals surface area contributed by atoms with Crippen molar-refractivity contribution in [2.24, 2.45) is 0 Å². The fourth-order valence-corrected chi connectivity index (χ4v) is 1.66. The van der Waals surface area contributed by atoms with Crippen molar-refractivity contribution in [1.29, 1.82) is 5.26 Å². The van der Waals surface area contributed by atoms with Gasteiger partial charge in [-0.1, -0.05) is 0 Å². The van der Waals surface area contributed by atoms with Crippen LogP contribution < -0.4 is 4.74 Å². The highest BCUT2D eigenvalue weighted by molar-refractivity contribution is 5.31. The first-order valence-electron chi connectivity index (χ1n) is 5.67. The summed E-state index contributed by atoms with van der Waals surface area (Å²) in [6, 6.07) is 5.37. The van der Waals surface area contributed by atoms with E-state index in [1.165, 1.54) is 0 Å². The van der Waals surface area contributed by atoms with Crippen LogP contribution in [0.4, 0.5) is 0 Å². The van der Waals surface area contributed by atoms with Crippen LogP contribution in [0.2, 0.25) is 0 Å². The van der Waals surface area contributed by atoms with Gasteiger partial charge < -0.3 is 9.47 Å². The Labute approximate surface area is 101 Å². The first-order valence-corrected chi connectivity index (χ1v) is 5.67. The SMILES string of the molecule is N#Cc1ccnc(OCCN2CCOCC2)c1. The largest absolute Gasteiger partial charge is 0.476 e. The lowest BCUT2D eigenvalue weighted by Crippen LogP contribution is -2.38. The minimum atomic E-state index is 0.511. The molecule has 2 heterocycles. The molecule has 0 spiro atoms. The van der Waals surface area contributed by atoms with Crippen LogP contribution in [0.15, 0.2) is 18.3 Å². The monoisotopic (exact) mass is 233 g/mol. The van der Waals surface area contributed by atoms with E-state index in [9.17, 15) is 0 Å². The summed E-state index contributed by atoms with van der Waals surface area (Å²) in [6.45, 7) is 4.94. The molecule has 1 aromatic rings. The molecule has 0 N–H and O–H groups in total. The maximum Gasteiger partial charge on any atom is 0.214 e. The van der Waals surface area contributed by atoms with Crippen molar-refractivity contribution in [3.8, 4) is 11.9 Å². The summed E-state index contributed by atoms with van der Waals surface area (Å²) >= 11 is 0. The van der Waals surface area contributed by atoms with Crippen LogP contribution in [0.3, 0.4) is 0 Å². The number of aromatic nitrogens is 1. The summed E-state index contributed by atoms with van der Waals surface area (Å²) in [7, 11) is 0. The molecule has 1 aliphatic rings. The number of nitriles is 1. The zero-order valence-electron chi connectivity index (χ0n) is 9.63. The zero-order valence-corrected chi connectivity index (χ0v) is 9.63. The fraction of sp³-hybridized carbons (Fsp3) is 0.500. The Morgan fingerprint density at radius 3 is 3.06 bits per heavy atom. The molecule has 5 heteroatoms. The number of rotatable bonds is 4. The third kappa shape index (κ3) is 3.70. The molecule has 0 aliphatic carbocycles. The van der Waals surface area contributed by atoms with Gasteiger partial charge in [0, 0.05) is 31.9 Å². The number of pyridine rings is 1. The van der Waals surface area contributed by atoms with Crippen molar-refractivity contribution < 1.29 is 9.47 Å². The summed E-state index contributed by atoms with van der Waals surface area (Å²) in [5.74, 6) is 0.511. The highest BCUT2D eigenvalue weighted by atomic mass is 16.5. The van der Waals surface area contributed by atoms with E-state index in [0.29, 0.717) is 18.1 Å². The minimum absolute atomic E-state index is 0.511. The van der Waals surface area contributed by atoms with Crippen molar-refractivity contribution >= 4 is 0 Å². The molecule has 1 aromatic heterocycles. The second kappa shape index (κ2) is 6.18. The lowest BCUT2D eigenvalue weighted by atomic mass is 10.3. The Bertz CT molecular complexity index is 397. The van der Waals surface area contributed by atoms with Gasteiger partial charge in [0.05, 0.1) is 24.8 Å². The molecule has 0 aromatic carbocycles. The first kappa shape index (κ1) is 11.8. The lowest BCUT2D eigenvalue weighted by Gasteiger charge is -2.26. The molecule has 0 amide bonds. The molecule has 1 fully saturated rings. The van der Waals surface area contributed by atoms with E-state index in [0.717, 1.165) is 32.8 Å². The molecule has 1 saturated heterocycles. The summed E-state index contributed by atoms with van der Waals surface area (Å²) < 4.78 is 10.8. The smallest absolute Gasteiger partial charge is 0.214 e. The predicted octanol–water partition coefficient (Wildman–Crippen LogP) is 0.664. The summed E-state index contributed by atoms with van der Waals surface area (Å²) in [6.07, 6.45) is 1.59. The van der Waals surface area contributed by atoms with E-state index in [2.05, 4.69) is 16.0 Å². The summed E-state index contributed by atoms with van der Waals surface area (Å²) in [4.78, 5) is 6.34. The topological polar surface area (TPSA) is 58.4 Å². The highest BCUT2D eigenvalue weighted by Crippen LogP contribution is 2.08. The van der Waals surface area contributed by atoms with Gasteiger partial charge in [-0.05, 0) is 6.07 Å². The number of nitrogens with zero attached hydrogens (tertiary/aromatic N) is 3. The van der Waals surface area contributed by atoms with Gasteiger partial charge in [0.1, 0.15) is 6.61 Å². The van der Waals surface area contributed by atoms with E-state index >= 15 is 0 Å². The van der Waals surface area contributed by atoms with Crippen molar-refractivity contribution in [1.82, 2.24) is 9.88 Å². The van der Waals surface area contributed by atoms with Crippen LogP contribution in [-0.4, -0.2) is 49.3 Å². The summed E-state index contributed by atoms with van der Waals surface area (Å²) in [5, 5.41) is 8.74. The Hall–Kier alpha value is -1.64. The van der Waals surface area contributed by atoms with Crippen LogP contribution in [-0.2, 0) is 4.74 Å². The first-order chi connectivity index (χ1) is 8.38. The molecule has 1 aliphatic heterocycles. The van der Waals surface area contributed by atoms with Gasteiger partial charge >= 0.3 is 0 Å². The second-order valence-corrected chi connectivity index (χ2v) is 3.80. The molecule has 0 unspecified atom stereocenters. The average molecular weight is 233 g/mol. The lowest BCUT2D eigenvalue weighted by molar-refractivity contribution is 0.0320.